The number of carbonyl (C=O) groups is 1. The number of hydrogen-bond acceptors (Lipinski definition) is 5. The van der Waals surface area contributed by atoms with E-state index in [4.69, 9.17) is 20.8 Å². The third kappa shape index (κ3) is 3.50. The van der Waals surface area contributed by atoms with E-state index in [0.717, 1.165) is 15.7 Å². The molecule has 136 valence electrons. The number of Topliss-reactive ketones (excluding diaryl/α,β-unsaturated/α-hetero) is 1. The predicted molar refractivity (Wildman–Crippen MR) is 106 cm³/mol. The van der Waals surface area contributed by atoms with Gasteiger partial charge >= 0.3 is 5.63 Å². The number of nitrogens with one attached hydrogen (secondary N) is 1. The van der Waals surface area contributed by atoms with Gasteiger partial charge in [-0.15, -0.1) is 0 Å². The summed E-state index contributed by atoms with van der Waals surface area (Å²) >= 11 is 9.40. The molecule has 0 fully saturated rings. The molecule has 2 heterocycles. The molecule has 2 unspecified atom stereocenters. The highest BCUT2D eigenvalue weighted by atomic mass is 79.9. The minimum atomic E-state index is -0.907. The maximum absolute atomic E-state index is 12.9. The van der Waals surface area contributed by atoms with Gasteiger partial charge in [0.05, 0.1) is 12.3 Å². The third-order valence-electron chi connectivity index (χ3n) is 4.30. The number of anilines is 1. The van der Waals surface area contributed by atoms with E-state index in [-0.39, 0.29) is 11.3 Å². The van der Waals surface area contributed by atoms with Crippen LogP contribution < -0.4 is 15.7 Å². The van der Waals surface area contributed by atoms with E-state index in [1.807, 2.05) is 36.4 Å². The lowest BCUT2D eigenvalue weighted by Gasteiger charge is -2.25. The number of rotatable bonds is 4. The number of ether oxygens (including phenoxy) is 1. The molecular weight excluding hydrogens is 434 g/mol. The summed E-state index contributed by atoms with van der Waals surface area (Å²) in [7, 11) is 0. The third-order valence-corrected chi connectivity index (χ3v) is 5.08. The molecule has 1 aliphatic rings. The number of fused-ring (bicyclic) bond motifs is 1. The number of halogens is 2. The van der Waals surface area contributed by atoms with Crippen molar-refractivity contribution < 1.29 is 13.9 Å². The van der Waals surface area contributed by atoms with E-state index in [1.54, 1.807) is 12.1 Å². The Morgan fingerprint density at radius 2 is 1.70 bits per heavy atom. The number of carbonyl (C=O) groups excluding carboxylic acids is 1. The monoisotopic (exact) mass is 445 g/mol. The van der Waals surface area contributed by atoms with Crippen LogP contribution in [0.3, 0.4) is 0 Å². The fourth-order valence-electron chi connectivity index (χ4n) is 3.00. The summed E-state index contributed by atoms with van der Waals surface area (Å²) in [5.74, 6) is -0.179. The van der Waals surface area contributed by atoms with Gasteiger partial charge < -0.3 is 14.5 Å². The number of ketones is 1. The summed E-state index contributed by atoms with van der Waals surface area (Å²) < 4.78 is 11.6. The number of hydrogen-bond donors (Lipinski definition) is 1. The van der Waals surface area contributed by atoms with Gasteiger partial charge in [-0.1, -0.05) is 39.7 Å². The normalized spacial score (nSPS) is 16.5. The molecule has 0 saturated heterocycles. The summed E-state index contributed by atoms with van der Waals surface area (Å²) in [5.41, 5.74) is 0.855. The van der Waals surface area contributed by atoms with Gasteiger partial charge in [-0.25, -0.2) is 4.79 Å². The van der Waals surface area contributed by atoms with E-state index in [1.165, 1.54) is 12.3 Å². The van der Waals surface area contributed by atoms with Crippen LogP contribution in [0.4, 0.5) is 5.69 Å². The van der Waals surface area contributed by atoms with Crippen LogP contribution in [0.25, 0.3) is 0 Å². The van der Waals surface area contributed by atoms with E-state index in [0.29, 0.717) is 5.02 Å². The molecule has 0 spiro atoms. The lowest BCUT2D eigenvalue weighted by Crippen LogP contribution is -2.34. The van der Waals surface area contributed by atoms with Crippen molar-refractivity contribution in [2.24, 2.45) is 0 Å². The molecule has 5 nitrogen and oxygen atoms in total. The molecule has 0 amide bonds. The van der Waals surface area contributed by atoms with Gasteiger partial charge in [0.15, 0.2) is 6.10 Å². The Bertz CT molecular complexity index is 1050. The lowest BCUT2D eigenvalue weighted by molar-refractivity contribution is 0.0830. The Morgan fingerprint density at radius 1 is 1.00 bits per heavy atom. The quantitative estimate of drug-likeness (QED) is 0.620. The highest BCUT2D eigenvalue weighted by Crippen LogP contribution is 2.35. The molecule has 7 heteroatoms. The first kappa shape index (κ1) is 17.8. The fraction of sp³-hybridized carbons (Fsp3) is 0.100. The van der Waals surface area contributed by atoms with Crippen LogP contribution in [-0.4, -0.2) is 11.9 Å². The molecule has 3 aromatic rings. The maximum Gasteiger partial charge on any atom is 0.350 e. The second kappa shape index (κ2) is 7.21. The molecule has 4 rings (SSSR count). The Labute approximate surface area is 168 Å². The first-order chi connectivity index (χ1) is 13.0. The van der Waals surface area contributed by atoms with Gasteiger partial charge in [-0.3, -0.25) is 4.79 Å². The predicted octanol–water partition coefficient (Wildman–Crippen LogP) is 4.85. The fourth-order valence-corrected chi connectivity index (χ4v) is 3.39. The standard InChI is InChI=1S/C20H13BrClNO4/c21-12-3-7-14(8-4-12)23-17(11-1-5-13(22)6-2-11)19-18(24)16-15(27-19)9-10-26-20(16)25/h1-10,17,19,23H. The summed E-state index contributed by atoms with van der Waals surface area (Å²) in [5, 5.41) is 3.91. The molecule has 1 aromatic heterocycles. The Morgan fingerprint density at radius 3 is 2.37 bits per heavy atom. The van der Waals surface area contributed by atoms with Crippen LogP contribution in [-0.2, 0) is 0 Å². The molecule has 1 N–H and O–H groups in total. The van der Waals surface area contributed by atoms with Crippen molar-refractivity contribution in [3.8, 4) is 5.75 Å². The second-order valence-corrected chi connectivity index (χ2v) is 7.38. The zero-order valence-corrected chi connectivity index (χ0v) is 16.2. The largest absolute Gasteiger partial charge is 0.479 e. The smallest absolute Gasteiger partial charge is 0.350 e. The molecule has 0 aliphatic carbocycles. The second-order valence-electron chi connectivity index (χ2n) is 6.03. The summed E-state index contributed by atoms with van der Waals surface area (Å²) in [6.45, 7) is 0. The first-order valence-electron chi connectivity index (χ1n) is 8.13. The highest BCUT2D eigenvalue weighted by molar-refractivity contribution is 9.10. The average Bonchev–Trinajstić information content (AvgIpc) is 3.00. The summed E-state index contributed by atoms with van der Waals surface area (Å²) in [4.78, 5) is 24.8. The van der Waals surface area contributed by atoms with Crippen molar-refractivity contribution in [3.05, 3.63) is 91.9 Å². The zero-order chi connectivity index (χ0) is 19.0. The molecule has 27 heavy (non-hydrogen) atoms. The van der Waals surface area contributed by atoms with Crippen molar-refractivity contribution in [2.45, 2.75) is 12.1 Å². The maximum atomic E-state index is 12.9. The van der Waals surface area contributed by atoms with Crippen LogP contribution in [0.5, 0.6) is 5.75 Å². The van der Waals surface area contributed by atoms with E-state index in [2.05, 4.69) is 21.2 Å². The molecule has 0 bridgehead atoms. The minimum Gasteiger partial charge on any atom is -0.479 e. The van der Waals surface area contributed by atoms with Crippen molar-refractivity contribution >= 4 is 39.0 Å². The Balaban J connectivity index is 1.73. The van der Waals surface area contributed by atoms with Crippen LogP contribution in [0, 0.1) is 0 Å². The molecule has 2 atom stereocenters. The van der Waals surface area contributed by atoms with Gasteiger partial charge in [0.1, 0.15) is 11.3 Å². The molecule has 0 radical (unpaired) electrons. The molecule has 1 aliphatic heterocycles. The SMILES string of the molecule is O=C1c2c(ccoc2=O)OC1C(Nc1ccc(Br)cc1)c1ccc(Cl)cc1. The van der Waals surface area contributed by atoms with Crippen molar-refractivity contribution in [3.63, 3.8) is 0 Å². The Hall–Kier alpha value is -2.57. The van der Waals surface area contributed by atoms with E-state index < -0.39 is 23.6 Å². The van der Waals surface area contributed by atoms with Gasteiger partial charge in [0.2, 0.25) is 5.78 Å². The van der Waals surface area contributed by atoms with Crippen LogP contribution >= 0.6 is 27.5 Å². The van der Waals surface area contributed by atoms with Crippen LogP contribution in [0.1, 0.15) is 22.0 Å². The highest BCUT2D eigenvalue weighted by Gasteiger charge is 2.41. The summed E-state index contributed by atoms with van der Waals surface area (Å²) in [6.07, 6.45) is 0.311. The zero-order valence-electron chi connectivity index (χ0n) is 13.8. The topological polar surface area (TPSA) is 68.5 Å². The average molecular weight is 447 g/mol. The van der Waals surface area contributed by atoms with Crippen LogP contribution in [0.15, 0.2) is 74.5 Å². The van der Waals surface area contributed by atoms with Crippen molar-refractivity contribution in [2.75, 3.05) is 5.32 Å². The van der Waals surface area contributed by atoms with Gasteiger partial charge in [0, 0.05) is 21.2 Å². The van der Waals surface area contributed by atoms with Crippen LogP contribution in [0.2, 0.25) is 5.02 Å². The number of benzene rings is 2. The molecule has 0 saturated carbocycles. The minimum absolute atomic E-state index is 0.0564. The van der Waals surface area contributed by atoms with Gasteiger partial charge in [0.25, 0.3) is 0 Å². The molecule has 2 aromatic carbocycles. The first-order valence-corrected chi connectivity index (χ1v) is 9.30. The van der Waals surface area contributed by atoms with E-state index >= 15 is 0 Å². The van der Waals surface area contributed by atoms with Gasteiger partial charge in [-0.05, 0) is 42.0 Å². The summed E-state index contributed by atoms with van der Waals surface area (Å²) in [6, 6.07) is 15.6. The van der Waals surface area contributed by atoms with Crippen molar-refractivity contribution in [1.82, 2.24) is 0 Å². The lowest BCUT2D eigenvalue weighted by atomic mass is 9.96. The van der Waals surface area contributed by atoms with Gasteiger partial charge in [-0.2, -0.15) is 0 Å². The van der Waals surface area contributed by atoms with E-state index in [9.17, 15) is 9.59 Å². The molecular formula is C20H13BrClNO4. The van der Waals surface area contributed by atoms with Crippen molar-refractivity contribution in [1.29, 1.82) is 0 Å². The Kier molecular flexibility index (Phi) is 4.76.